The van der Waals surface area contributed by atoms with Gasteiger partial charge in [-0.05, 0) is 35.4 Å². The average Bonchev–Trinajstić information content (AvgIpc) is 2.93. The van der Waals surface area contributed by atoms with Crippen LogP contribution in [0, 0.1) is 5.82 Å². The molecule has 9 heteroatoms. The highest BCUT2D eigenvalue weighted by Crippen LogP contribution is 2.34. The van der Waals surface area contributed by atoms with Crippen molar-refractivity contribution in [2.24, 2.45) is 0 Å². The summed E-state index contributed by atoms with van der Waals surface area (Å²) in [6.07, 6.45) is -3.47. The van der Waals surface area contributed by atoms with Crippen LogP contribution in [-0.2, 0) is 6.18 Å². The van der Waals surface area contributed by atoms with E-state index in [0.717, 1.165) is 6.07 Å². The van der Waals surface area contributed by atoms with Gasteiger partial charge in [0.05, 0.1) is 5.56 Å². The minimum Gasteiger partial charge on any atom is -0.321 e. The number of aromatic nitrogens is 3. The Bertz CT molecular complexity index is 915. The van der Waals surface area contributed by atoms with Crippen LogP contribution in [-0.4, -0.2) is 15.1 Å². The Balaban J connectivity index is 2.08. The Morgan fingerprint density at radius 1 is 1.09 bits per heavy atom. The minimum atomic E-state index is -4.80. The molecule has 1 N–H and O–H groups in total. The van der Waals surface area contributed by atoms with E-state index in [0.29, 0.717) is 11.6 Å². The van der Waals surface area contributed by atoms with E-state index in [1.165, 1.54) is 24.4 Å². The molecule has 3 aromatic rings. The third-order valence-corrected chi connectivity index (χ3v) is 3.05. The number of nitrogens with zero attached hydrogens (tertiary/aromatic N) is 2. The quantitative estimate of drug-likeness (QED) is 0.734. The second-order valence-electron chi connectivity index (χ2n) is 4.55. The molecule has 0 aliphatic heterocycles. The monoisotopic (exact) mass is 325 g/mol. The van der Waals surface area contributed by atoms with Crippen LogP contribution in [0.5, 0.6) is 0 Å². The fourth-order valence-corrected chi connectivity index (χ4v) is 2.00. The van der Waals surface area contributed by atoms with Crippen LogP contribution < -0.4 is 5.76 Å². The summed E-state index contributed by atoms with van der Waals surface area (Å²) in [4.78, 5) is 18.4. The first kappa shape index (κ1) is 14.9. The molecule has 5 nitrogen and oxygen atoms in total. The van der Waals surface area contributed by atoms with Crippen LogP contribution in [0.15, 0.2) is 45.8 Å². The van der Waals surface area contributed by atoms with Crippen molar-refractivity contribution in [1.29, 1.82) is 0 Å². The zero-order chi connectivity index (χ0) is 16.6. The minimum absolute atomic E-state index is 0.0370. The maximum absolute atomic E-state index is 13.3. The molecular weight excluding hydrogens is 318 g/mol. The molecule has 1 aromatic carbocycles. The first-order valence-corrected chi connectivity index (χ1v) is 6.23. The smallest absolute Gasteiger partial charge is 0.321 e. The van der Waals surface area contributed by atoms with Gasteiger partial charge in [-0.25, -0.2) is 9.18 Å². The van der Waals surface area contributed by atoms with E-state index in [9.17, 15) is 22.4 Å². The van der Waals surface area contributed by atoms with Gasteiger partial charge >= 0.3 is 11.9 Å². The molecule has 0 aliphatic carbocycles. The number of nitrogens with one attached hydrogen (secondary N) is 1. The number of rotatable bonds is 2. The zero-order valence-corrected chi connectivity index (χ0v) is 11.2. The van der Waals surface area contributed by atoms with E-state index < -0.39 is 23.3 Å². The molecule has 2 aromatic heterocycles. The number of hydrogen-bond acceptors (Lipinski definition) is 4. The summed E-state index contributed by atoms with van der Waals surface area (Å²) in [5, 5.41) is 2.24. The highest BCUT2D eigenvalue weighted by Gasteiger charge is 2.34. The number of aromatic amines is 1. The molecule has 0 saturated heterocycles. The van der Waals surface area contributed by atoms with Crippen LogP contribution in [0.1, 0.15) is 5.56 Å². The summed E-state index contributed by atoms with van der Waals surface area (Å²) in [6.45, 7) is 0. The van der Waals surface area contributed by atoms with E-state index in [-0.39, 0.29) is 17.1 Å². The van der Waals surface area contributed by atoms with Gasteiger partial charge in [-0.2, -0.15) is 23.3 Å². The second-order valence-corrected chi connectivity index (χ2v) is 4.55. The van der Waals surface area contributed by atoms with E-state index in [1.54, 1.807) is 0 Å². The standard InChI is InChI=1S/C14H7F4N3O2/c15-10-2-1-7(5-9(10)14(16,17)18)8-3-4-19-11(6-8)12-20-13(22)23-21-12/h1-6H,(H,20,21,22). The normalized spacial score (nSPS) is 11.7. The SMILES string of the molecule is O=c1nc(-c2cc(-c3ccc(F)c(C(F)(F)F)c3)ccn2)[nH]o1. The lowest BCUT2D eigenvalue weighted by Crippen LogP contribution is -2.08. The van der Waals surface area contributed by atoms with Crippen molar-refractivity contribution in [2.75, 3.05) is 0 Å². The van der Waals surface area contributed by atoms with Gasteiger partial charge < -0.3 is 4.52 Å². The Hall–Kier alpha value is -2.97. The van der Waals surface area contributed by atoms with Crippen molar-refractivity contribution in [2.45, 2.75) is 6.18 Å². The van der Waals surface area contributed by atoms with Crippen molar-refractivity contribution in [3.63, 3.8) is 0 Å². The van der Waals surface area contributed by atoms with E-state index in [2.05, 4.69) is 19.6 Å². The maximum Gasteiger partial charge on any atom is 0.460 e. The maximum atomic E-state index is 13.3. The highest BCUT2D eigenvalue weighted by molar-refractivity contribution is 5.68. The zero-order valence-electron chi connectivity index (χ0n) is 11.2. The molecule has 0 atom stereocenters. The summed E-state index contributed by atoms with van der Waals surface area (Å²) in [6, 6.07) is 5.53. The highest BCUT2D eigenvalue weighted by atomic mass is 19.4. The Morgan fingerprint density at radius 3 is 2.48 bits per heavy atom. The molecule has 0 amide bonds. The van der Waals surface area contributed by atoms with Crippen LogP contribution in [0.4, 0.5) is 17.6 Å². The Kier molecular flexibility index (Phi) is 3.47. The number of pyridine rings is 1. The molecule has 23 heavy (non-hydrogen) atoms. The van der Waals surface area contributed by atoms with Gasteiger partial charge in [-0.1, -0.05) is 6.07 Å². The third kappa shape index (κ3) is 2.98. The van der Waals surface area contributed by atoms with Crippen LogP contribution in [0.2, 0.25) is 0 Å². The fourth-order valence-electron chi connectivity index (χ4n) is 2.00. The summed E-state index contributed by atoms with van der Waals surface area (Å²) in [5.74, 6) is -2.17. The van der Waals surface area contributed by atoms with E-state index in [4.69, 9.17) is 0 Å². The number of alkyl halides is 3. The van der Waals surface area contributed by atoms with Gasteiger partial charge in [0.1, 0.15) is 11.5 Å². The lowest BCUT2D eigenvalue weighted by atomic mass is 10.0. The third-order valence-electron chi connectivity index (χ3n) is 3.05. The molecule has 0 spiro atoms. The molecule has 0 fully saturated rings. The molecule has 0 radical (unpaired) electrons. The molecule has 0 unspecified atom stereocenters. The number of H-pyrrole nitrogens is 1. The molecule has 0 bridgehead atoms. The molecule has 2 heterocycles. The van der Waals surface area contributed by atoms with Gasteiger partial charge in [0, 0.05) is 6.20 Å². The van der Waals surface area contributed by atoms with E-state index in [1.807, 2.05) is 0 Å². The van der Waals surface area contributed by atoms with Crippen LogP contribution in [0.25, 0.3) is 22.6 Å². The average molecular weight is 325 g/mol. The molecule has 0 aliphatic rings. The van der Waals surface area contributed by atoms with Crippen molar-refractivity contribution >= 4 is 0 Å². The first-order valence-electron chi connectivity index (χ1n) is 6.23. The summed E-state index contributed by atoms with van der Waals surface area (Å²) < 4.78 is 56.1. The molecular formula is C14H7F4N3O2. The van der Waals surface area contributed by atoms with Crippen molar-refractivity contribution in [3.8, 4) is 22.6 Å². The topological polar surface area (TPSA) is 71.8 Å². The summed E-state index contributed by atoms with van der Waals surface area (Å²) in [5.41, 5.74) is -0.660. The second kappa shape index (κ2) is 5.34. The lowest BCUT2D eigenvalue weighted by molar-refractivity contribution is -0.139. The van der Waals surface area contributed by atoms with Crippen molar-refractivity contribution < 1.29 is 22.1 Å². The van der Waals surface area contributed by atoms with E-state index >= 15 is 0 Å². The van der Waals surface area contributed by atoms with Crippen LogP contribution >= 0.6 is 0 Å². The summed E-state index contributed by atoms with van der Waals surface area (Å²) in [7, 11) is 0. The summed E-state index contributed by atoms with van der Waals surface area (Å²) >= 11 is 0. The van der Waals surface area contributed by atoms with Gasteiger partial charge in [0.2, 0.25) is 0 Å². The largest absolute Gasteiger partial charge is 0.460 e. The van der Waals surface area contributed by atoms with Gasteiger partial charge in [-0.15, -0.1) is 0 Å². The fraction of sp³-hybridized carbons (Fsp3) is 0.0714. The first-order chi connectivity index (χ1) is 10.8. The molecule has 0 saturated carbocycles. The van der Waals surface area contributed by atoms with Gasteiger partial charge in [0.25, 0.3) is 0 Å². The predicted octanol–water partition coefficient (Wildman–Crippen LogP) is 3.25. The number of halogens is 4. The van der Waals surface area contributed by atoms with Crippen LogP contribution in [0.3, 0.4) is 0 Å². The van der Waals surface area contributed by atoms with Crippen molar-refractivity contribution in [3.05, 3.63) is 58.5 Å². The lowest BCUT2D eigenvalue weighted by Gasteiger charge is -2.10. The Morgan fingerprint density at radius 2 is 1.83 bits per heavy atom. The van der Waals surface area contributed by atoms with Gasteiger partial charge in [-0.3, -0.25) is 4.98 Å². The number of benzene rings is 1. The number of hydrogen-bond donors (Lipinski definition) is 1. The van der Waals surface area contributed by atoms with Gasteiger partial charge in [0.15, 0.2) is 5.82 Å². The Labute approximate surface area is 125 Å². The molecule has 118 valence electrons. The molecule has 3 rings (SSSR count). The predicted molar refractivity (Wildman–Crippen MR) is 70.8 cm³/mol. The van der Waals surface area contributed by atoms with Crippen molar-refractivity contribution in [1.82, 2.24) is 15.1 Å².